The first-order chi connectivity index (χ1) is 15.6. The first kappa shape index (κ1) is 24.3. The Morgan fingerprint density at radius 2 is 2.00 bits per heavy atom. The first-order valence-electron chi connectivity index (χ1n) is 9.77. The maximum absolute atomic E-state index is 14.8. The van der Waals surface area contributed by atoms with Crippen LogP contribution in [0.2, 0.25) is 10.0 Å². The molecule has 0 saturated heterocycles. The molecule has 3 rings (SSSR count). The second-order valence-corrected chi connectivity index (χ2v) is 7.86. The number of urea groups is 1. The van der Waals surface area contributed by atoms with E-state index in [0.29, 0.717) is 21.7 Å². The summed E-state index contributed by atoms with van der Waals surface area (Å²) in [6.45, 7) is 5.03. The number of hydrogen-bond acceptors (Lipinski definition) is 5. The number of carbonyl (C=O) groups excluding carboxylic acids is 1. The molecule has 9 nitrogen and oxygen atoms in total. The maximum Gasteiger partial charge on any atom is 0.423 e. The van der Waals surface area contributed by atoms with E-state index in [4.69, 9.17) is 32.8 Å². The second-order valence-electron chi connectivity index (χ2n) is 7.02. The molecular weight excluding hydrogens is 476 g/mol. The average Bonchev–Trinajstić information content (AvgIpc) is 3.16. The molecule has 0 aliphatic carbocycles. The molecule has 174 valence electrons. The summed E-state index contributed by atoms with van der Waals surface area (Å²) in [6, 6.07) is 6.50. The molecule has 1 unspecified atom stereocenters. The molecule has 0 bridgehead atoms. The third-order valence-electron chi connectivity index (χ3n) is 4.72. The van der Waals surface area contributed by atoms with Gasteiger partial charge in [0.1, 0.15) is 5.82 Å². The molecule has 0 aliphatic heterocycles. The number of rotatable bonds is 5. The van der Waals surface area contributed by atoms with E-state index in [0.717, 1.165) is 11.1 Å². The predicted octanol–water partition coefficient (Wildman–Crippen LogP) is 5.43. The smallest absolute Gasteiger partial charge is 0.423 e. The van der Waals surface area contributed by atoms with Gasteiger partial charge in [-0.2, -0.15) is 4.98 Å². The highest BCUT2D eigenvalue weighted by Gasteiger charge is 2.22. The molecule has 0 spiro atoms. The highest BCUT2D eigenvalue weighted by molar-refractivity contribution is 6.32. The number of hydrogen-bond donors (Lipinski definition) is 3. The number of aromatic nitrogens is 2. The summed E-state index contributed by atoms with van der Waals surface area (Å²) in [6.07, 6.45) is -1.36. The van der Waals surface area contributed by atoms with Gasteiger partial charge in [0.2, 0.25) is 11.7 Å². The Morgan fingerprint density at radius 3 is 2.58 bits per heavy atom. The van der Waals surface area contributed by atoms with Crippen LogP contribution < -0.4 is 10.7 Å². The van der Waals surface area contributed by atoms with Crippen molar-refractivity contribution in [2.75, 3.05) is 6.54 Å². The maximum atomic E-state index is 14.8. The van der Waals surface area contributed by atoms with E-state index in [1.165, 1.54) is 0 Å². The number of carbonyl (C=O) groups is 2. The summed E-state index contributed by atoms with van der Waals surface area (Å²) in [5, 5.41) is 16.7. The molecular formula is C21H20Cl2FN5O4. The lowest BCUT2D eigenvalue weighted by molar-refractivity contribution is 0.143. The zero-order chi connectivity index (χ0) is 24.3. The van der Waals surface area contributed by atoms with E-state index < -0.39 is 24.0 Å². The summed E-state index contributed by atoms with van der Waals surface area (Å²) in [7, 11) is 0. The zero-order valence-corrected chi connectivity index (χ0v) is 19.3. The van der Waals surface area contributed by atoms with Gasteiger partial charge in [0.25, 0.3) is 0 Å². The molecule has 0 fully saturated rings. The Hall–Kier alpha value is -3.37. The normalized spacial score (nSPS) is 11.7. The van der Waals surface area contributed by atoms with Crippen molar-refractivity contribution in [2.45, 2.75) is 26.8 Å². The van der Waals surface area contributed by atoms with Crippen molar-refractivity contribution in [3.05, 3.63) is 57.6 Å². The number of carboxylic acid groups (broad SMARTS) is 1. The third-order valence-corrected chi connectivity index (χ3v) is 5.26. The number of amides is 3. The van der Waals surface area contributed by atoms with Gasteiger partial charge >= 0.3 is 12.1 Å². The van der Waals surface area contributed by atoms with E-state index in [1.807, 2.05) is 5.43 Å². The quantitative estimate of drug-likeness (QED) is 0.405. The van der Waals surface area contributed by atoms with Crippen molar-refractivity contribution >= 4 is 35.3 Å². The molecule has 0 saturated carbocycles. The van der Waals surface area contributed by atoms with Crippen LogP contribution in [0, 0.1) is 12.7 Å². The summed E-state index contributed by atoms with van der Waals surface area (Å²) in [4.78, 5) is 27.3. The molecule has 3 aromatic rings. The molecule has 3 amide bonds. The Bertz CT molecular complexity index is 1200. The highest BCUT2D eigenvalue weighted by atomic mass is 35.5. The van der Waals surface area contributed by atoms with E-state index in [2.05, 4.69) is 15.5 Å². The number of aryl methyl sites for hydroxylation is 1. The Morgan fingerprint density at radius 1 is 1.27 bits per heavy atom. The standard InChI is InChI=1S/C21H20Cl2FN5O4/c1-4-29(27-21(31)32)20(30)25-10(2)14-6-5-12(7-16(14)23)15-8-13(22)9-17(24)18(15)19-26-11(3)33-28-19/h5-10,27H,4H2,1-3H3,(H,25,30)(H,31,32). The predicted molar refractivity (Wildman–Crippen MR) is 120 cm³/mol. The minimum Gasteiger partial charge on any atom is -0.464 e. The minimum absolute atomic E-state index is 0.0723. The Kier molecular flexibility index (Phi) is 7.39. The van der Waals surface area contributed by atoms with Crippen LogP contribution in [0.3, 0.4) is 0 Å². The lowest BCUT2D eigenvalue weighted by atomic mass is 9.96. The van der Waals surface area contributed by atoms with Gasteiger partial charge in [0.15, 0.2) is 0 Å². The summed E-state index contributed by atoms with van der Waals surface area (Å²) in [5.74, 6) is -0.269. The number of nitrogens with zero attached hydrogens (tertiary/aromatic N) is 3. The largest absolute Gasteiger partial charge is 0.464 e. The molecule has 33 heavy (non-hydrogen) atoms. The van der Waals surface area contributed by atoms with Gasteiger partial charge in [-0.05, 0) is 48.7 Å². The average molecular weight is 496 g/mol. The van der Waals surface area contributed by atoms with Crippen LogP contribution in [0.15, 0.2) is 34.9 Å². The van der Waals surface area contributed by atoms with Gasteiger partial charge in [-0.25, -0.2) is 24.4 Å². The topological polar surface area (TPSA) is 121 Å². The van der Waals surface area contributed by atoms with Crippen molar-refractivity contribution in [1.82, 2.24) is 25.9 Å². The number of benzene rings is 2. The molecule has 3 N–H and O–H groups in total. The van der Waals surface area contributed by atoms with Crippen LogP contribution in [0.25, 0.3) is 22.5 Å². The van der Waals surface area contributed by atoms with Crippen LogP contribution in [-0.2, 0) is 0 Å². The van der Waals surface area contributed by atoms with Gasteiger partial charge in [0.05, 0.1) is 11.6 Å². The van der Waals surface area contributed by atoms with Gasteiger partial charge in [-0.3, -0.25) is 0 Å². The van der Waals surface area contributed by atoms with E-state index in [-0.39, 0.29) is 28.8 Å². The number of nitrogens with one attached hydrogen (secondary N) is 2. The fourth-order valence-corrected chi connectivity index (χ4v) is 3.75. The lowest BCUT2D eigenvalue weighted by Gasteiger charge is -2.24. The summed E-state index contributed by atoms with van der Waals surface area (Å²) in [5.41, 5.74) is 3.64. The van der Waals surface area contributed by atoms with Crippen molar-refractivity contribution < 1.29 is 23.6 Å². The van der Waals surface area contributed by atoms with E-state index in [1.54, 1.807) is 45.0 Å². The van der Waals surface area contributed by atoms with Crippen LogP contribution in [0.4, 0.5) is 14.0 Å². The van der Waals surface area contributed by atoms with E-state index >= 15 is 0 Å². The monoisotopic (exact) mass is 495 g/mol. The number of halogens is 3. The second kappa shape index (κ2) is 10.1. The molecule has 0 radical (unpaired) electrons. The lowest BCUT2D eigenvalue weighted by Crippen LogP contribution is -2.50. The van der Waals surface area contributed by atoms with Crippen LogP contribution in [0.1, 0.15) is 31.3 Å². The van der Waals surface area contributed by atoms with E-state index in [9.17, 15) is 14.0 Å². The Labute approximate surface area is 198 Å². The van der Waals surface area contributed by atoms with Crippen LogP contribution >= 0.6 is 23.2 Å². The van der Waals surface area contributed by atoms with Gasteiger partial charge < -0.3 is 14.9 Å². The summed E-state index contributed by atoms with van der Waals surface area (Å²) >= 11 is 12.6. The number of hydrazine groups is 1. The molecule has 1 heterocycles. The fourth-order valence-electron chi connectivity index (χ4n) is 3.20. The highest BCUT2D eigenvalue weighted by Crippen LogP contribution is 2.37. The molecule has 1 atom stereocenters. The SMILES string of the molecule is CCN(NC(=O)O)C(=O)NC(C)c1ccc(-c2cc(Cl)cc(F)c2-c2noc(C)n2)cc1Cl. The third kappa shape index (κ3) is 5.52. The molecule has 1 aromatic heterocycles. The van der Waals surface area contributed by atoms with Crippen LogP contribution in [-0.4, -0.2) is 38.9 Å². The zero-order valence-electron chi connectivity index (χ0n) is 17.8. The minimum atomic E-state index is -1.36. The van der Waals surface area contributed by atoms with Crippen molar-refractivity contribution in [3.63, 3.8) is 0 Å². The first-order valence-corrected chi connectivity index (χ1v) is 10.5. The van der Waals surface area contributed by atoms with Crippen molar-refractivity contribution in [3.8, 4) is 22.5 Å². The van der Waals surface area contributed by atoms with Gasteiger partial charge in [0, 0.05) is 23.5 Å². The van der Waals surface area contributed by atoms with Gasteiger partial charge in [-0.15, -0.1) is 0 Å². The molecule has 2 aromatic carbocycles. The van der Waals surface area contributed by atoms with Crippen molar-refractivity contribution in [2.24, 2.45) is 0 Å². The molecule has 0 aliphatic rings. The van der Waals surface area contributed by atoms with Crippen LogP contribution in [0.5, 0.6) is 0 Å². The van der Waals surface area contributed by atoms with Gasteiger partial charge in [-0.1, -0.05) is 40.5 Å². The fraction of sp³-hybridized carbons (Fsp3) is 0.238. The summed E-state index contributed by atoms with van der Waals surface area (Å²) < 4.78 is 19.8. The Balaban J connectivity index is 1.93. The molecule has 12 heteroatoms. The van der Waals surface area contributed by atoms with Crippen molar-refractivity contribution in [1.29, 1.82) is 0 Å².